The highest BCUT2D eigenvalue weighted by molar-refractivity contribution is 7.47. The summed E-state index contributed by atoms with van der Waals surface area (Å²) in [7, 11) is 1.40. The molecule has 0 spiro atoms. The fourth-order valence-electron chi connectivity index (χ4n) is 5.91. The van der Waals surface area contributed by atoms with E-state index in [0.717, 1.165) is 89.9 Å². The zero-order chi connectivity index (χ0) is 45.8. The van der Waals surface area contributed by atoms with Gasteiger partial charge in [-0.15, -0.1) is 0 Å². The summed E-state index contributed by atoms with van der Waals surface area (Å²) < 4.78 is 34.3. The molecule has 0 saturated carbocycles. The maximum atomic E-state index is 12.7. The number of esters is 2. The van der Waals surface area contributed by atoms with E-state index in [1.54, 1.807) is 0 Å². The lowest BCUT2D eigenvalue weighted by molar-refractivity contribution is -0.870. The first-order chi connectivity index (χ1) is 29.9. The van der Waals surface area contributed by atoms with Crippen molar-refractivity contribution >= 4 is 19.8 Å². The van der Waals surface area contributed by atoms with Crippen molar-refractivity contribution in [1.29, 1.82) is 0 Å². The van der Waals surface area contributed by atoms with Gasteiger partial charge in [-0.2, -0.15) is 0 Å². The predicted molar refractivity (Wildman–Crippen MR) is 258 cm³/mol. The maximum absolute atomic E-state index is 12.7. The second-order valence-electron chi connectivity index (χ2n) is 17.0. The van der Waals surface area contributed by atoms with E-state index in [-0.39, 0.29) is 32.2 Å². The third kappa shape index (κ3) is 45.2. The first-order valence-electron chi connectivity index (χ1n) is 23.9. The van der Waals surface area contributed by atoms with Gasteiger partial charge in [-0.1, -0.05) is 157 Å². The number of nitrogens with zero attached hydrogens (tertiary/aromatic N) is 1. The molecule has 0 heterocycles. The van der Waals surface area contributed by atoms with Crippen LogP contribution in [0.1, 0.15) is 168 Å². The third-order valence-corrected chi connectivity index (χ3v) is 10.7. The number of quaternary nitrogens is 1. The van der Waals surface area contributed by atoms with Crippen LogP contribution in [0, 0.1) is 0 Å². The number of carbonyl (C=O) groups is 2. The summed E-state index contributed by atoms with van der Waals surface area (Å²) in [4.78, 5) is 35.4. The lowest BCUT2D eigenvalue weighted by Crippen LogP contribution is -2.37. The highest BCUT2D eigenvalue weighted by Gasteiger charge is 2.27. The molecule has 3 atom stereocenters. The Morgan fingerprint density at radius 2 is 1.03 bits per heavy atom. The number of carbonyl (C=O) groups excluding carboxylic acids is 2. The molecule has 0 bridgehead atoms. The van der Waals surface area contributed by atoms with Crippen molar-refractivity contribution in [3.8, 4) is 0 Å². The smallest absolute Gasteiger partial charge is 0.462 e. The second kappa shape index (κ2) is 42.1. The highest BCUT2D eigenvalue weighted by Crippen LogP contribution is 2.43. The molecule has 62 heavy (non-hydrogen) atoms. The molecule has 0 radical (unpaired) electrons. The predicted octanol–water partition coefficient (Wildman–Crippen LogP) is 12.9. The van der Waals surface area contributed by atoms with Gasteiger partial charge in [0.05, 0.1) is 33.9 Å². The number of unbranched alkanes of at least 4 members (excludes halogenated alkanes) is 12. The summed E-state index contributed by atoms with van der Waals surface area (Å²) in [5, 5.41) is 9.83. The van der Waals surface area contributed by atoms with Crippen LogP contribution in [0.25, 0.3) is 0 Å². The number of allylic oxidation sites excluding steroid dienone is 13. The van der Waals surface area contributed by atoms with Crippen molar-refractivity contribution in [3.05, 3.63) is 85.1 Å². The fraction of sp³-hybridized carbons (Fsp3) is 0.686. The van der Waals surface area contributed by atoms with E-state index in [4.69, 9.17) is 18.5 Å². The van der Waals surface area contributed by atoms with Crippen molar-refractivity contribution in [2.45, 2.75) is 180 Å². The number of phosphoric ester groups is 1. The van der Waals surface area contributed by atoms with Crippen LogP contribution in [0.5, 0.6) is 0 Å². The number of aliphatic hydroxyl groups excluding tert-OH is 1. The first kappa shape index (κ1) is 59.1. The average molecular weight is 891 g/mol. The normalized spacial score (nSPS) is 14.8. The summed E-state index contributed by atoms with van der Waals surface area (Å²) in [6.07, 6.45) is 51.1. The van der Waals surface area contributed by atoms with Gasteiger partial charge in [0.25, 0.3) is 0 Å². The molecule has 0 aromatic heterocycles. The monoisotopic (exact) mass is 891 g/mol. The molecule has 0 fully saturated rings. The number of aliphatic hydroxyl groups is 1. The van der Waals surface area contributed by atoms with Gasteiger partial charge in [-0.3, -0.25) is 18.6 Å². The van der Waals surface area contributed by atoms with Crippen molar-refractivity contribution in [2.75, 3.05) is 47.5 Å². The Morgan fingerprint density at radius 3 is 1.58 bits per heavy atom. The summed E-state index contributed by atoms with van der Waals surface area (Å²) in [6.45, 7) is 4.14. The van der Waals surface area contributed by atoms with E-state index in [1.165, 1.54) is 32.1 Å². The van der Waals surface area contributed by atoms with Crippen LogP contribution >= 0.6 is 7.82 Å². The molecular weight excluding hydrogens is 802 g/mol. The number of ether oxygens (including phenoxy) is 2. The fourth-order valence-corrected chi connectivity index (χ4v) is 6.65. The van der Waals surface area contributed by atoms with Gasteiger partial charge in [0, 0.05) is 12.8 Å². The topological polar surface area (TPSA) is 129 Å². The zero-order valence-corrected chi connectivity index (χ0v) is 40.6. The molecule has 0 rings (SSSR count). The molecule has 0 amide bonds. The van der Waals surface area contributed by atoms with Crippen LogP contribution in [0.3, 0.4) is 0 Å². The van der Waals surface area contributed by atoms with E-state index in [0.29, 0.717) is 30.3 Å². The molecule has 0 aliphatic heterocycles. The van der Waals surface area contributed by atoms with Gasteiger partial charge in [0.2, 0.25) is 0 Å². The Morgan fingerprint density at radius 1 is 0.565 bits per heavy atom. The van der Waals surface area contributed by atoms with E-state index < -0.39 is 32.5 Å². The Hall–Kier alpha value is -2.85. The van der Waals surface area contributed by atoms with Crippen molar-refractivity contribution in [3.63, 3.8) is 0 Å². The van der Waals surface area contributed by atoms with Crippen LogP contribution in [0.15, 0.2) is 85.1 Å². The molecule has 0 aromatic rings. The third-order valence-electron chi connectivity index (χ3n) is 9.72. The lowest BCUT2D eigenvalue weighted by Gasteiger charge is -2.24. The molecule has 0 aliphatic rings. The van der Waals surface area contributed by atoms with Gasteiger partial charge in [0.1, 0.15) is 19.8 Å². The second-order valence-corrected chi connectivity index (χ2v) is 18.4. The average Bonchev–Trinajstić information content (AvgIpc) is 3.22. The van der Waals surface area contributed by atoms with Gasteiger partial charge in [0.15, 0.2) is 6.10 Å². The number of likely N-dealkylation sites (N-methyl/N-ethyl adjacent to an activating group) is 1. The van der Waals surface area contributed by atoms with Gasteiger partial charge in [-0.05, 0) is 83.5 Å². The van der Waals surface area contributed by atoms with Crippen LogP contribution < -0.4 is 0 Å². The standard InChI is InChI=1S/C51H88NO9P/c1-6-8-10-11-12-13-14-15-16-17-18-19-20-21-22-27-30-33-36-39-43-51(55)61-49(47-60-62(56,57)59-45-44-52(3,4)5)46-58-50(54)42-38-35-32-29-26-24-23-25-28-31-34-37-41-48(53)40-9-7-2/h13-14,16-17,19-20,23-24,28-29,31-32,37,41,48-49,53H,6-12,15,18,21-22,25-27,30,33-36,38-40,42-47H2,1-5H3/p+1/b14-13-,17-16-,20-19-,24-23-,31-28-,32-29-,41-37-/t48-,49+/m0/s1. The minimum atomic E-state index is -4.41. The molecule has 11 heteroatoms. The number of hydrogen-bond acceptors (Lipinski definition) is 8. The molecule has 0 saturated heterocycles. The summed E-state index contributed by atoms with van der Waals surface area (Å²) >= 11 is 0. The van der Waals surface area contributed by atoms with Gasteiger partial charge >= 0.3 is 19.8 Å². The van der Waals surface area contributed by atoms with Gasteiger partial charge in [-0.25, -0.2) is 4.57 Å². The summed E-state index contributed by atoms with van der Waals surface area (Å²) in [5.74, 6) is -0.908. The van der Waals surface area contributed by atoms with Crippen LogP contribution in [-0.2, 0) is 32.7 Å². The Bertz CT molecular complexity index is 1340. The highest BCUT2D eigenvalue weighted by atomic mass is 31.2. The SMILES string of the molecule is CCCCCC/C=C\C/C=C\C/C=C\CCCCCCCCC(=O)O[C@H](COC(=O)CCC/C=C\C/C=C\C/C=C\C/C=C\[C@@H](O)CCCC)COP(=O)(O)OCC[N+](C)(C)C. The van der Waals surface area contributed by atoms with E-state index in [1.807, 2.05) is 39.4 Å². The molecule has 2 N–H and O–H groups in total. The van der Waals surface area contributed by atoms with E-state index >= 15 is 0 Å². The molecule has 0 aliphatic carbocycles. The largest absolute Gasteiger partial charge is 0.472 e. The van der Waals surface area contributed by atoms with Crippen molar-refractivity contribution in [1.82, 2.24) is 0 Å². The Balaban J connectivity index is 4.47. The van der Waals surface area contributed by atoms with Crippen LogP contribution in [-0.4, -0.2) is 86.1 Å². The molecular formula is C51H89NO9P+. The van der Waals surface area contributed by atoms with Crippen LogP contribution in [0.2, 0.25) is 0 Å². The Labute approximate surface area is 378 Å². The summed E-state index contributed by atoms with van der Waals surface area (Å²) in [6, 6.07) is 0. The van der Waals surface area contributed by atoms with E-state index in [9.17, 15) is 24.2 Å². The number of rotatable bonds is 42. The molecule has 10 nitrogen and oxygen atoms in total. The maximum Gasteiger partial charge on any atom is 0.472 e. The lowest BCUT2D eigenvalue weighted by atomic mass is 10.1. The molecule has 1 unspecified atom stereocenters. The quantitative estimate of drug-likeness (QED) is 0.0202. The molecule has 0 aromatic carbocycles. The Kier molecular flexibility index (Phi) is 40.2. The minimum Gasteiger partial charge on any atom is -0.462 e. The number of phosphoric acid groups is 1. The van der Waals surface area contributed by atoms with E-state index in [2.05, 4.69) is 80.7 Å². The van der Waals surface area contributed by atoms with Gasteiger partial charge < -0.3 is 24.0 Å². The summed E-state index contributed by atoms with van der Waals surface area (Å²) in [5.41, 5.74) is 0. The van der Waals surface area contributed by atoms with Crippen molar-refractivity contribution < 1.29 is 47.2 Å². The minimum absolute atomic E-state index is 0.00903. The zero-order valence-electron chi connectivity index (χ0n) is 39.7. The van der Waals surface area contributed by atoms with Crippen LogP contribution in [0.4, 0.5) is 0 Å². The first-order valence-corrected chi connectivity index (χ1v) is 25.4. The molecule has 356 valence electrons. The number of hydrogen-bond donors (Lipinski definition) is 2. The van der Waals surface area contributed by atoms with Crippen molar-refractivity contribution in [2.24, 2.45) is 0 Å².